The molecule has 0 spiro atoms. The zero-order valence-electron chi connectivity index (χ0n) is 18.5. The lowest BCUT2D eigenvalue weighted by atomic mass is 10.1. The minimum atomic E-state index is -0.351. The maximum absolute atomic E-state index is 12.7. The molecule has 0 unspecified atom stereocenters. The van der Waals surface area contributed by atoms with Gasteiger partial charge in [0.25, 0.3) is 0 Å². The molecule has 0 bridgehead atoms. The van der Waals surface area contributed by atoms with Crippen molar-refractivity contribution in [3.63, 3.8) is 0 Å². The number of carbonyl (C=O) groups excluding carboxylic acids is 2. The van der Waals surface area contributed by atoms with Gasteiger partial charge in [0, 0.05) is 18.3 Å². The van der Waals surface area contributed by atoms with Gasteiger partial charge >= 0.3 is 6.03 Å². The maximum Gasteiger partial charge on any atom is 0.319 e. The standard InChI is InChI=1S/C27H30N4O2/c28-18-7-19-29-26(32)17-16-25(20-21-8-3-1-4-9-21)31-27(33)30-24-14-12-23(13-15-24)22-10-5-2-6-11-22/h1-6,8-17,25H,7,18-20,28H2,(H,29,32)(H2,30,31,33)/t25-/m0/s1. The summed E-state index contributed by atoms with van der Waals surface area (Å²) in [5.41, 5.74) is 9.40. The highest BCUT2D eigenvalue weighted by atomic mass is 16.2. The molecule has 33 heavy (non-hydrogen) atoms. The molecule has 0 aromatic heterocycles. The number of rotatable bonds is 10. The number of nitrogens with one attached hydrogen (secondary N) is 3. The highest BCUT2D eigenvalue weighted by molar-refractivity contribution is 5.90. The molecule has 0 fully saturated rings. The number of nitrogens with two attached hydrogens (primary N) is 1. The third kappa shape index (κ3) is 8.27. The molecule has 5 N–H and O–H groups in total. The van der Waals surface area contributed by atoms with Crippen LogP contribution in [0.15, 0.2) is 97.1 Å². The minimum Gasteiger partial charge on any atom is -0.353 e. The van der Waals surface area contributed by atoms with E-state index in [0.29, 0.717) is 25.2 Å². The van der Waals surface area contributed by atoms with Crippen LogP contribution in [0.2, 0.25) is 0 Å². The van der Waals surface area contributed by atoms with Crippen molar-refractivity contribution >= 4 is 17.6 Å². The third-order valence-corrected chi connectivity index (χ3v) is 5.02. The summed E-state index contributed by atoms with van der Waals surface area (Å²) in [5.74, 6) is -0.208. The van der Waals surface area contributed by atoms with Gasteiger partial charge in [-0.2, -0.15) is 0 Å². The molecular formula is C27H30N4O2. The summed E-state index contributed by atoms with van der Waals surface area (Å²) in [6.07, 6.45) is 4.45. The Labute approximate surface area is 194 Å². The van der Waals surface area contributed by atoms with Crippen molar-refractivity contribution in [2.75, 3.05) is 18.4 Å². The predicted octanol–water partition coefficient (Wildman–Crippen LogP) is 4.11. The molecule has 6 nitrogen and oxygen atoms in total. The summed E-state index contributed by atoms with van der Waals surface area (Å²) in [6.45, 7) is 1.05. The first-order valence-corrected chi connectivity index (χ1v) is 11.1. The van der Waals surface area contributed by atoms with Crippen LogP contribution in [0, 0.1) is 0 Å². The van der Waals surface area contributed by atoms with E-state index in [1.54, 1.807) is 6.08 Å². The Balaban J connectivity index is 1.61. The van der Waals surface area contributed by atoms with Crippen molar-refractivity contribution in [1.29, 1.82) is 0 Å². The molecule has 0 saturated heterocycles. The Hall–Kier alpha value is -3.90. The van der Waals surface area contributed by atoms with Gasteiger partial charge in [-0.15, -0.1) is 0 Å². The van der Waals surface area contributed by atoms with Crippen LogP contribution >= 0.6 is 0 Å². The van der Waals surface area contributed by atoms with E-state index in [1.165, 1.54) is 6.08 Å². The van der Waals surface area contributed by atoms with Gasteiger partial charge in [-0.05, 0) is 48.2 Å². The lowest BCUT2D eigenvalue weighted by Gasteiger charge is -2.16. The molecule has 0 radical (unpaired) electrons. The van der Waals surface area contributed by atoms with E-state index in [1.807, 2.05) is 84.9 Å². The first kappa shape index (κ1) is 23.8. The molecular weight excluding hydrogens is 412 g/mol. The van der Waals surface area contributed by atoms with E-state index in [2.05, 4.69) is 16.0 Å². The molecule has 3 aromatic rings. The van der Waals surface area contributed by atoms with Crippen LogP contribution in [-0.2, 0) is 11.2 Å². The van der Waals surface area contributed by atoms with E-state index < -0.39 is 0 Å². The quantitative estimate of drug-likeness (QED) is 0.281. The molecule has 0 aliphatic carbocycles. The van der Waals surface area contributed by atoms with Crippen molar-refractivity contribution < 1.29 is 9.59 Å². The Bertz CT molecular complexity index is 1030. The van der Waals surface area contributed by atoms with Crippen LogP contribution in [0.25, 0.3) is 11.1 Å². The van der Waals surface area contributed by atoms with Crippen LogP contribution in [0.4, 0.5) is 10.5 Å². The molecule has 3 amide bonds. The molecule has 0 aliphatic rings. The number of benzene rings is 3. The summed E-state index contributed by atoms with van der Waals surface area (Å²) in [6, 6.07) is 26.9. The average molecular weight is 443 g/mol. The summed E-state index contributed by atoms with van der Waals surface area (Å²) in [7, 11) is 0. The van der Waals surface area contributed by atoms with E-state index in [4.69, 9.17) is 5.73 Å². The zero-order chi connectivity index (χ0) is 23.3. The fraction of sp³-hybridized carbons (Fsp3) is 0.185. The Morgan fingerprint density at radius 3 is 2.15 bits per heavy atom. The normalized spacial score (nSPS) is 11.7. The van der Waals surface area contributed by atoms with Crippen molar-refractivity contribution in [2.45, 2.75) is 18.9 Å². The second-order valence-corrected chi connectivity index (χ2v) is 7.63. The van der Waals surface area contributed by atoms with Gasteiger partial charge in [-0.1, -0.05) is 78.9 Å². The van der Waals surface area contributed by atoms with Gasteiger partial charge in [-0.25, -0.2) is 4.79 Å². The van der Waals surface area contributed by atoms with Crippen LogP contribution in [0.3, 0.4) is 0 Å². The molecule has 0 aliphatic heterocycles. The van der Waals surface area contributed by atoms with Crippen molar-refractivity contribution in [1.82, 2.24) is 10.6 Å². The first-order valence-electron chi connectivity index (χ1n) is 11.1. The van der Waals surface area contributed by atoms with Crippen LogP contribution in [-0.4, -0.2) is 31.1 Å². The van der Waals surface area contributed by atoms with Crippen molar-refractivity contribution in [3.05, 3.63) is 103 Å². The van der Waals surface area contributed by atoms with Gasteiger partial charge in [0.05, 0.1) is 6.04 Å². The van der Waals surface area contributed by atoms with Gasteiger partial charge < -0.3 is 21.7 Å². The van der Waals surface area contributed by atoms with Gasteiger partial charge in [0.1, 0.15) is 0 Å². The van der Waals surface area contributed by atoms with E-state index >= 15 is 0 Å². The van der Waals surface area contributed by atoms with Crippen LogP contribution in [0.1, 0.15) is 12.0 Å². The largest absolute Gasteiger partial charge is 0.353 e. The Morgan fingerprint density at radius 2 is 1.48 bits per heavy atom. The maximum atomic E-state index is 12.7. The van der Waals surface area contributed by atoms with Crippen molar-refractivity contribution in [2.24, 2.45) is 5.73 Å². The number of amides is 3. The number of hydrogen-bond donors (Lipinski definition) is 4. The molecule has 6 heteroatoms. The van der Waals surface area contributed by atoms with E-state index in [-0.39, 0.29) is 18.0 Å². The van der Waals surface area contributed by atoms with Crippen molar-refractivity contribution in [3.8, 4) is 11.1 Å². The van der Waals surface area contributed by atoms with Gasteiger partial charge in [-0.3, -0.25) is 4.79 Å². The predicted molar refractivity (Wildman–Crippen MR) is 134 cm³/mol. The van der Waals surface area contributed by atoms with Crippen LogP contribution < -0.4 is 21.7 Å². The summed E-state index contributed by atoms with van der Waals surface area (Å²) < 4.78 is 0. The topological polar surface area (TPSA) is 96.2 Å². The smallest absolute Gasteiger partial charge is 0.319 e. The second-order valence-electron chi connectivity index (χ2n) is 7.63. The fourth-order valence-electron chi connectivity index (χ4n) is 3.32. The van der Waals surface area contributed by atoms with Gasteiger partial charge in [0.15, 0.2) is 0 Å². The highest BCUT2D eigenvalue weighted by Crippen LogP contribution is 2.21. The minimum absolute atomic E-state index is 0.208. The molecule has 170 valence electrons. The Morgan fingerprint density at radius 1 is 0.848 bits per heavy atom. The lowest BCUT2D eigenvalue weighted by molar-refractivity contribution is -0.116. The third-order valence-electron chi connectivity index (χ3n) is 5.02. The number of hydrogen-bond acceptors (Lipinski definition) is 3. The molecule has 0 heterocycles. The Kier molecular flexibility index (Phi) is 9.24. The molecule has 3 aromatic carbocycles. The summed E-state index contributed by atoms with van der Waals surface area (Å²) in [5, 5.41) is 8.59. The number of anilines is 1. The highest BCUT2D eigenvalue weighted by Gasteiger charge is 2.11. The molecule has 3 rings (SSSR count). The van der Waals surface area contributed by atoms with Crippen LogP contribution in [0.5, 0.6) is 0 Å². The molecule has 1 atom stereocenters. The first-order chi connectivity index (χ1) is 16.1. The van der Waals surface area contributed by atoms with Gasteiger partial charge in [0.2, 0.25) is 5.91 Å². The second kappa shape index (κ2) is 12.8. The number of carbonyl (C=O) groups is 2. The average Bonchev–Trinajstić information content (AvgIpc) is 2.84. The van der Waals surface area contributed by atoms with E-state index in [9.17, 15) is 9.59 Å². The number of urea groups is 1. The summed E-state index contributed by atoms with van der Waals surface area (Å²) in [4.78, 5) is 24.7. The monoisotopic (exact) mass is 442 g/mol. The SMILES string of the molecule is NCCCNC(=O)C=C[C@@H](Cc1ccccc1)NC(=O)Nc1ccc(-c2ccccc2)cc1. The fourth-order valence-corrected chi connectivity index (χ4v) is 3.32. The molecule has 0 saturated carbocycles. The zero-order valence-corrected chi connectivity index (χ0v) is 18.5. The lowest BCUT2D eigenvalue weighted by Crippen LogP contribution is -2.38. The summed E-state index contributed by atoms with van der Waals surface area (Å²) >= 11 is 0. The van der Waals surface area contributed by atoms with E-state index in [0.717, 1.165) is 23.1 Å².